The fourth-order valence-corrected chi connectivity index (χ4v) is 3.22. The Kier molecular flexibility index (Phi) is 3.79. The number of anilines is 1. The van der Waals surface area contributed by atoms with Gasteiger partial charge < -0.3 is 9.88 Å². The minimum absolute atomic E-state index is 0.532. The second kappa shape index (κ2) is 6.10. The van der Waals surface area contributed by atoms with Gasteiger partial charge in [0.1, 0.15) is 11.6 Å². The molecule has 7 heteroatoms. The maximum atomic E-state index is 9.39. The lowest BCUT2D eigenvalue weighted by molar-refractivity contribution is 0.509. The van der Waals surface area contributed by atoms with Crippen LogP contribution in [0.5, 0.6) is 0 Å². The number of fused-ring (bicyclic) bond motifs is 2. The van der Waals surface area contributed by atoms with Gasteiger partial charge in [-0.1, -0.05) is 11.6 Å². The fraction of sp³-hybridized carbons (Fsp3) is 0.294. The van der Waals surface area contributed by atoms with Crippen LogP contribution in [0.2, 0.25) is 5.02 Å². The Labute approximate surface area is 144 Å². The number of hydrogen-bond donors (Lipinski definition) is 1. The molecule has 0 atom stereocenters. The van der Waals surface area contributed by atoms with E-state index in [-0.39, 0.29) is 0 Å². The van der Waals surface area contributed by atoms with Crippen molar-refractivity contribution < 1.29 is 0 Å². The maximum Gasteiger partial charge on any atom is 0.152 e. The summed E-state index contributed by atoms with van der Waals surface area (Å²) >= 11 is 6.01. The van der Waals surface area contributed by atoms with E-state index < -0.39 is 0 Å². The van der Waals surface area contributed by atoms with Crippen molar-refractivity contribution in [3.63, 3.8) is 0 Å². The van der Waals surface area contributed by atoms with E-state index >= 15 is 0 Å². The lowest BCUT2D eigenvalue weighted by Gasteiger charge is -2.15. The Morgan fingerprint density at radius 1 is 1.25 bits per heavy atom. The first-order valence-electron chi connectivity index (χ1n) is 7.90. The molecule has 4 rings (SSSR count). The molecule has 1 aliphatic rings. The van der Waals surface area contributed by atoms with Crippen molar-refractivity contribution in [2.45, 2.75) is 32.4 Å². The molecule has 1 N–H and O–H groups in total. The van der Waals surface area contributed by atoms with Crippen molar-refractivity contribution in [3.8, 4) is 6.07 Å². The summed E-state index contributed by atoms with van der Waals surface area (Å²) in [5.41, 5.74) is 1.29. The monoisotopic (exact) mass is 338 g/mol. The Morgan fingerprint density at radius 3 is 3.04 bits per heavy atom. The summed E-state index contributed by atoms with van der Waals surface area (Å²) in [7, 11) is 0. The maximum absolute atomic E-state index is 9.39. The van der Waals surface area contributed by atoms with Gasteiger partial charge in [-0.15, -0.1) is 10.2 Å². The van der Waals surface area contributed by atoms with Crippen LogP contribution in [0.3, 0.4) is 0 Å². The molecule has 1 aromatic carbocycles. The Morgan fingerprint density at radius 2 is 2.17 bits per heavy atom. The molecule has 0 spiro atoms. The minimum atomic E-state index is 0.532. The largest absolute Gasteiger partial charge is 0.363 e. The topological polar surface area (TPSA) is 79.4 Å². The van der Waals surface area contributed by atoms with E-state index in [0.29, 0.717) is 22.9 Å². The van der Waals surface area contributed by atoms with Crippen molar-refractivity contribution in [2.75, 3.05) is 5.32 Å². The molecule has 1 aliphatic heterocycles. The van der Waals surface area contributed by atoms with Crippen molar-refractivity contribution >= 4 is 28.3 Å². The standard InChI is InChI=1S/C17H15ClN6/c18-12-4-5-14-13(8-12)11(9-19)7-15(21-14)20-10-17-23-22-16-3-1-2-6-24(16)17/h4-5,7-8H,1-3,6,10H2,(H,20,21). The minimum Gasteiger partial charge on any atom is -0.363 e. The van der Waals surface area contributed by atoms with E-state index in [9.17, 15) is 5.26 Å². The van der Waals surface area contributed by atoms with Gasteiger partial charge in [0.2, 0.25) is 0 Å². The number of rotatable bonds is 3. The Hall–Kier alpha value is -2.65. The quantitative estimate of drug-likeness (QED) is 0.792. The highest BCUT2D eigenvalue weighted by atomic mass is 35.5. The van der Waals surface area contributed by atoms with Crippen LogP contribution in [0.25, 0.3) is 10.9 Å². The number of nitriles is 1. The van der Waals surface area contributed by atoms with Gasteiger partial charge >= 0.3 is 0 Å². The highest BCUT2D eigenvalue weighted by Gasteiger charge is 2.15. The smallest absolute Gasteiger partial charge is 0.152 e. The molecule has 0 aliphatic carbocycles. The van der Waals surface area contributed by atoms with Gasteiger partial charge in [0, 0.05) is 23.4 Å². The number of aryl methyl sites for hydroxylation is 1. The van der Waals surface area contributed by atoms with E-state index in [1.807, 2.05) is 6.07 Å². The Balaban J connectivity index is 1.62. The zero-order valence-corrected chi connectivity index (χ0v) is 13.7. The van der Waals surface area contributed by atoms with Crippen molar-refractivity contribution in [1.29, 1.82) is 5.26 Å². The molecule has 2 aromatic heterocycles. The van der Waals surface area contributed by atoms with Crippen LogP contribution in [0, 0.1) is 11.3 Å². The van der Waals surface area contributed by atoms with Crippen LogP contribution in [0.4, 0.5) is 5.82 Å². The lowest BCUT2D eigenvalue weighted by Crippen LogP contribution is -2.15. The zero-order valence-electron chi connectivity index (χ0n) is 13.0. The second-order valence-corrected chi connectivity index (χ2v) is 6.26. The first-order valence-corrected chi connectivity index (χ1v) is 8.27. The van der Waals surface area contributed by atoms with Crippen LogP contribution in [-0.4, -0.2) is 19.7 Å². The van der Waals surface area contributed by atoms with Crippen LogP contribution in [0.15, 0.2) is 24.3 Å². The molecular formula is C17H15ClN6. The molecule has 0 saturated heterocycles. The number of aromatic nitrogens is 4. The molecule has 3 aromatic rings. The number of nitrogens with zero attached hydrogens (tertiary/aromatic N) is 5. The van der Waals surface area contributed by atoms with Crippen molar-refractivity contribution in [3.05, 3.63) is 46.5 Å². The number of nitrogens with one attached hydrogen (secondary N) is 1. The second-order valence-electron chi connectivity index (χ2n) is 5.82. The first-order chi connectivity index (χ1) is 11.7. The van der Waals surface area contributed by atoms with Crippen LogP contribution < -0.4 is 5.32 Å². The summed E-state index contributed by atoms with van der Waals surface area (Å²) in [4.78, 5) is 4.56. The van der Waals surface area contributed by atoms with Gasteiger partial charge in [-0.25, -0.2) is 4.98 Å². The highest BCUT2D eigenvalue weighted by Crippen LogP contribution is 2.24. The SMILES string of the molecule is N#Cc1cc(NCc2nnc3n2CCCC3)nc2ccc(Cl)cc12. The molecule has 3 heterocycles. The summed E-state index contributed by atoms with van der Waals surface area (Å²) in [6.07, 6.45) is 3.32. The molecule has 0 unspecified atom stereocenters. The van der Waals surface area contributed by atoms with Crippen molar-refractivity contribution in [1.82, 2.24) is 19.7 Å². The highest BCUT2D eigenvalue weighted by molar-refractivity contribution is 6.31. The third-order valence-electron chi connectivity index (χ3n) is 4.25. The van der Waals surface area contributed by atoms with Gasteiger partial charge in [-0.2, -0.15) is 5.26 Å². The molecule has 0 bridgehead atoms. The molecule has 0 amide bonds. The summed E-state index contributed by atoms with van der Waals surface area (Å²) in [6.45, 7) is 1.50. The van der Waals surface area contributed by atoms with Gasteiger partial charge in [-0.3, -0.25) is 0 Å². The van der Waals surface area contributed by atoms with E-state index in [2.05, 4.69) is 31.1 Å². The Bertz CT molecular complexity index is 956. The van der Waals surface area contributed by atoms with Gasteiger partial charge in [0.05, 0.1) is 23.7 Å². The lowest BCUT2D eigenvalue weighted by atomic mass is 10.1. The fourth-order valence-electron chi connectivity index (χ4n) is 3.05. The molecule has 24 heavy (non-hydrogen) atoms. The van der Waals surface area contributed by atoms with E-state index in [4.69, 9.17) is 11.6 Å². The number of hydrogen-bond acceptors (Lipinski definition) is 5. The third kappa shape index (κ3) is 2.68. The van der Waals surface area contributed by atoms with Crippen LogP contribution in [0.1, 0.15) is 30.1 Å². The summed E-state index contributed by atoms with van der Waals surface area (Å²) in [5.74, 6) is 2.60. The predicted octanol–water partition coefficient (Wildman–Crippen LogP) is 3.30. The first kappa shape index (κ1) is 14.9. The summed E-state index contributed by atoms with van der Waals surface area (Å²) in [5, 5.41) is 22.5. The normalized spacial score (nSPS) is 13.5. The van der Waals surface area contributed by atoms with Crippen LogP contribution >= 0.6 is 11.6 Å². The molecular weight excluding hydrogens is 324 g/mol. The van der Waals surface area contributed by atoms with Gasteiger partial charge in [-0.05, 0) is 37.1 Å². The molecule has 120 valence electrons. The van der Waals surface area contributed by atoms with Crippen LogP contribution in [-0.2, 0) is 19.5 Å². The summed E-state index contributed by atoms with van der Waals surface area (Å²) < 4.78 is 2.17. The average molecular weight is 339 g/mol. The van der Waals surface area contributed by atoms with Crippen molar-refractivity contribution in [2.24, 2.45) is 0 Å². The van der Waals surface area contributed by atoms with E-state index in [1.165, 1.54) is 6.42 Å². The predicted molar refractivity (Wildman–Crippen MR) is 91.8 cm³/mol. The molecule has 0 fully saturated rings. The van der Waals surface area contributed by atoms with E-state index in [0.717, 1.165) is 41.9 Å². The molecule has 6 nitrogen and oxygen atoms in total. The summed E-state index contributed by atoms with van der Waals surface area (Å²) in [6, 6.07) is 9.31. The number of halogens is 1. The van der Waals surface area contributed by atoms with Gasteiger partial charge in [0.25, 0.3) is 0 Å². The average Bonchev–Trinajstić information content (AvgIpc) is 3.02. The number of pyridine rings is 1. The third-order valence-corrected chi connectivity index (χ3v) is 4.49. The molecule has 0 radical (unpaired) electrons. The zero-order chi connectivity index (χ0) is 16.5. The number of benzene rings is 1. The van der Waals surface area contributed by atoms with E-state index in [1.54, 1.807) is 18.2 Å². The van der Waals surface area contributed by atoms with Gasteiger partial charge in [0.15, 0.2) is 5.82 Å². The molecule has 0 saturated carbocycles.